The topological polar surface area (TPSA) is 96.5 Å². The zero-order valence-electron chi connectivity index (χ0n) is 20.0. The van der Waals surface area contributed by atoms with Crippen molar-refractivity contribution in [1.29, 1.82) is 0 Å². The van der Waals surface area contributed by atoms with Gasteiger partial charge in [-0.25, -0.2) is 8.42 Å². The molecule has 1 aliphatic rings. The largest absolute Gasteiger partial charge is 0.497 e. The van der Waals surface area contributed by atoms with Gasteiger partial charge in [-0.2, -0.15) is 4.31 Å². The molecule has 0 bridgehead atoms. The lowest BCUT2D eigenvalue weighted by Crippen LogP contribution is -2.50. The van der Waals surface area contributed by atoms with Crippen molar-refractivity contribution in [2.75, 3.05) is 53.5 Å². The number of methoxy groups -OCH3 is 2. The van der Waals surface area contributed by atoms with Crippen molar-refractivity contribution in [3.05, 3.63) is 53.6 Å². The molecule has 2 aromatic rings. The van der Waals surface area contributed by atoms with Gasteiger partial charge in [0.15, 0.2) is 0 Å². The van der Waals surface area contributed by atoms with E-state index in [9.17, 15) is 18.0 Å². The molecule has 0 N–H and O–H groups in total. The number of rotatable bonds is 8. The summed E-state index contributed by atoms with van der Waals surface area (Å²) in [4.78, 5) is 29.5. The molecule has 1 fully saturated rings. The van der Waals surface area contributed by atoms with E-state index >= 15 is 0 Å². The zero-order chi connectivity index (χ0) is 24.9. The first-order valence-electron chi connectivity index (χ1n) is 11.2. The van der Waals surface area contributed by atoms with E-state index in [4.69, 9.17) is 9.47 Å². The summed E-state index contributed by atoms with van der Waals surface area (Å²) in [5, 5.41) is 0. The molecule has 2 amide bonds. The van der Waals surface area contributed by atoms with Crippen LogP contribution in [0.25, 0.3) is 0 Å². The maximum Gasteiger partial charge on any atom is 0.257 e. The summed E-state index contributed by atoms with van der Waals surface area (Å²) in [6.07, 6.45) is 0. The second-order valence-corrected chi connectivity index (χ2v) is 9.71. The van der Waals surface area contributed by atoms with Gasteiger partial charge in [0.05, 0.1) is 24.7 Å². The summed E-state index contributed by atoms with van der Waals surface area (Å²) < 4.78 is 37.5. The first-order chi connectivity index (χ1) is 16.3. The number of sulfonamides is 1. The molecule has 10 heteroatoms. The van der Waals surface area contributed by atoms with Crippen LogP contribution in [0.2, 0.25) is 0 Å². The normalized spacial score (nSPS) is 14.3. The molecule has 184 valence electrons. The molecule has 0 aromatic heterocycles. The molecule has 2 aromatic carbocycles. The molecule has 0 aliphatic carbocycles. The average Bonchev–Trinajstić information content (AvgIpc) is 2.88. The fourth-order valence-electron chi connectivity index (χ4n) is 3.94. The Balaban J connectivity index is 1.70. The molecule has 0 unspecified atom stereocenters. The molecule has 1 aliphatic heterocycles. The van der Waals surface area contributed by atoms with Gasteiger partial charge in [-0.05, 0) is 30.3 Å². The number of amides is 2. The SMILES string of the molecule is CCN(CC)S(=O)(=O)c1cccc(C(=O)N2CCN(C(=O)c3ccc(OC)cc3OC)CC2)c1. The number of hydrogen-bond acceptors (Lipinski definition) is 6. The van der Waals surface area contributed by atoms with E-state index in [2.05, 4.69) is 0 Å². The summed E-state index contributed by atoms with van der Waals surface area (Å²) in [5.74, 6) is 0.577. The minimum Gasteiger partial charge on any atom is -0.497 e. The standard InChI is InChI=1S/C24H31N3O6S/c1-5-27(6-2)34(30,31)20-9-7-8-18(16-20)23(28)25-12-14-26(15-13-25)24(29)21-11-10-19(32-3)17-22(21)33-4/h7-11,16-17H,5-6,12-15H2,1-4H3. The first-order valence-corrected chi connectivity index (χ1v) is 12.6. The summed E-state index contributed by atoms with van der Waals surface area (Å²) in [7, 11) is -0.622. The predicted octanol–water partition coefficient (Wildman–Crippen LogP) is 2.33. The second kappa shape index (κ2) is 10.9. The number of piperazine rings is 1. The van der Waals surface area contributed by atoms with Gasteiger partial charge < -0.3 is 19.3 Å². The lowest BCUT2D eigenvalue weighted by molar-refractivity contribution is 0.0533. The van der Waals surface area contributed by atoms with E-state index in [1.807, 2.05) is 0 Å². The Kier molecular flexibility index (Phi) is 8.16. The third-order valence-corrected chi connectivity index (χ3v) is 7.96. The van der Waals surface area contributed by atoms with Crippen molar-refractivity contribution in [2.24, 2.45) is 0 Å². The molecule has 9 nitrogen and oxygen atoms in total. The zero-order valence-corrected chi connectivity index (χ0v) is 20.8. The molecular weight excluding hydrogens is 458 g/mol. The Hall–Kier alpha value is -3.11. The summed E-state index contributed by atoms with van der Waals surface area (Å²) >= 11 is 0. The Morgan fingerprint density at radius 2 is 1.50 bits per heavy atom. The molecule has 1 heterocycles. The number of ether oxygens (including phenoxy) is 2. The van der Waals surface area contributed by atoms with Crippen LogP contribution in [0, 0.1) is 0 Å². The van der Waals surface area contributed by atoms with E-state index in [0.717, 1.165) is 0 Å². The van der Waals surface area contributed by atoms with Gasteiger partial charge in [-0.1, -0.05) is 19.9 Å². The Morgan fingerprint density at radius 1 is 0.882 bits per heavy atom. The Labute approximate surface area is 200 Å². The number of carbonyl (C=O) groups excluding carboxylic acids is 2. The third-order valence-electron chi connectivity index (χ3n) is 5.92. The van der Waals surface area contributed by atoms with Crippen LogP contribution < -0.4 is 9.47 Å². The maximum atomic E-state index is 13.1. The molecule has 3 rings (SSSR count). The van der Waals surface area contributed by atoms with E-state index in [-0.39, 0.29) is 16.7 Å². The third kappa shape index (κ3) is 5.18. The van der Waals surface area contributed by atoms with Crippen LogP contribution in [-0.4, -0.2) is 87.8 Å². The van der Waals surface area contributed by atoms with E-state index in [1.54, 1.807) is 61.1 Å². The van der Waals surface area contributed by atoms with Gasteiger partial charge in [0.2, 0.25) is 10.0 Å². The van der Waals surface area contributed by atoms with Gasteiger partial charge in [0, 0.05) is 50.9 Å². The van der Waals surface area contributed by atoms with Crippen LogP contribution in [0.3, 0.4) is 0 Å². The van der Waals surface area contributed by atoms with E-state index in [1.165, 1.54) is 23.5 Å². The smallest absolute Gasteiger partial charge is 0.257 e. The van der Waals surface area contributed by atoms with Gasteiger partial charge in [0.25, 0.3) is 11.8 Å². The highest BCUT2D eigenvalue weighted by atomic mass is 32.2. The van der Waals surface area contributed by atoms with Crippen molar-refractivity contribution >= 4 is 21.8 Å². The molecule has 34 heavy (non-hydrogen) atoms. The molecule has 1 saturated heterocycles. The van der Waals surface area contributed by atoms with Crippen molar-refractivity contribution in [2.45, 2.75) is 18.7 Å². The van der Waals surface area contributed by atoms with Gasteiger partial charge in [-0.15, -0.1) is 0 Å². The summed E-state index contributed by atoms with van der Waals surface area (Å²) in [5.41, 5.74) is 0.738. The summed E-state index contributed by atoms with van der Waals surface area (Å²) in [6.45, 7) is 5.66. The van der Waals surface area contributed by atoms with Gasteiger partial charge in [0.1, 0.15) is 11.5 Å². The molecule has 0 spiro atoms. The van der Waals surface area contributed by atoms with Crippen LogP contribution in [0.15, 0.2) is 47.4 Å². The Bertz CT molecular complexity index is 1140. The van der Waals surface area contributed by atoms with Gasteiger partial charge in [-0.3, -0.25) is 9.59 Å². The highest BCUT2D eigenvalue weighted by Gasteiger charge is 2.28. The second-order valence-electron chi connectivity index (χ2n) is 7.77. The number of carbonyl (C=O) groups is 2. The fraction of sp³-hybridized carbons (Fsp3) is 0.417. The van der Waals surface area contributed by atoms with Crippen LogP contribution >= 0.6 is 0 Å². The number of hydrogen-bond donors (Lipinski definition) is 0. The highest BCUT2D eigenvalue weighted by Crippen LogP contribution is 2.26. The molecule has 0 radical (unpaired) electrons. The highest BCUT2D eigenvalue weighted by molar-refractivity contribution is 7.89. The fourth-order valence-corrected chi connectivity index (χ4v) is 5.45. The van der Waals surface area contributed by atoms with Crippen molar-refractivity contribution in [1.82, 2.24) is 14.1 Å². The monoisotopic (exact) mass is 489 g/mol. The lowest BCUT2D eigenvalue weighted by Gasteiger charge is -2.35. The van der Waals surface area contributed by atoms with E-state index < -0.39 is 10.0 Å². The predicted molar refractivity (Wildman–Crippen MR) is 128 cm³/mol. The van der Waals surface area contributed by atoms with Crippen molar-refractivity contribution in [3.8, 4) is 11.5 Å². The summed E-state index contributed by atoms with van der Waals surface area (Å²) in [6, 6.07) is 11.2. The quantitative estimate of drug-likeness (QED) is 0.565. The van der Waals surface area contributed by atoms with Crippen molar-refractivity contribution in [3.63, 3.8) is 0 Å². The van der Waals surface area contributed by atoms with Crippen LogP contribution in [0.1, 0.15) is 34.6 Å². The number of nitrogens with zero attached hydrogens (tertiary/aromatic N) is 3. The molecule has 0 saturated carbocycles. The minimum atomic E-state index is -3.66. The number of benzene rings is 2. The van der Waals surface area contributed by atoms with Gasteiger partial charge >= 0.3 is 0 Å². The average molecular weight is 490 g/mol. The van der Waals surface area contributed by atoms with Crippen LogP contribution in [0.5, 0.6) is 11.5 Å². The Morgan fingerprint density at radius 3 is 2.06 bits per heavy atom. The first kappa shape index (κ1) is 25.5. The molecule has 0 atom stereocenters. The van der Waals surface area contributed by atoms with Crippen LogP contribution in [0.4, 0.5) is 0 Å². The maximum absolute atomic E-state index is 13.1. The van der Waals surface area contributed by atoms with Crippen LogP contribution in [-0.2, 0) is 10.0 Å². The minimum absolute atomic E-state index is 0.0995. The molecular formula is C24H31N3O6S. The van der Waals surface area contributed by atoms with Crippen molar-refractivity contribution < 1.29 is 27.5 Å². The lowest BCUT2D eigenvalue weighted by atomic mass is 10.1. The van der Waals surface area contributed by atoms with E-state index in [0.29, 0.717) is 61.9 Å².